The molecule has 7 heteroatoms. The number of amides is 1. The number of hydrogen-bond acceptors (Lipinski definition) is 6. The molecule has 3 aromatic rings. The van der Waals surface area contributed by atoms with Gasteiger partial charge in [-0.15, -0.1) is 11.3 Å². The van der Waals surface area contributed by atoms with Gasteiger partial charge in [0.2, 0.25) is 5.95 Å². The Kier molecular flexibility index (Phi) is 3.49. The minimum absolute atomic E-state index is 0.0319. The molecule has 0 aliphatic carbocycles. The number of pyridine rings is 1. The standard InChI is InChI=1S/C14H13N5OS/c1-8(9-3-2-5-16-7-9)17-14-18-10-4-6-21-12(10)11(19-14)13(15)20/h2-8H,1H3,(H2,15,20)(H,17,18,19)/t8-/m0/s1. The molecule has 3 rings (SSSR count). The molecule has 0 aliphatic heterocycles. The Hall–Kier alpha value is -2.54. The van der Waals surface area contributed by atoms with Gasteiger partial charge in [-0.1, -0.05) is 6.07 Å². The zero-order chi connectivity index (χ0) is 14.8. The van der Waals surface area contributed by atoms with E-state index in [1.165, 1.54) is 11.3 Å². The average molecular weight is 299 g/mol. The van der Waals surface area contributed by atoms with Gasteiger partial charge >= 0.3 is 0 Å². The van der Waals surface area contributed by atoms with Crippen LogP contribution >= 0.6 is 11.3 Å². The van der Waals surface area contributed by atoms with Crippen LogP contribution in [-0.4, -0.2) is 20.9 Å². The zero-order valence-electron chi connectivity index (χ0n) is 11.3. The number of nitrogens with two attached hydrogens (primary N) is 1. The van der Waals surface area contributed by atoms with Gasteiger partial charge in [-0.2, -0.15) is 0 Å². The Balaban J connectivity index is 1.95. The molecule has 0 saturated heterocycles. The van der Waals surface area contributed by atoms with E-state index < -0.39 is 5.91 Å². The molecule has 0 fully saturated rings. The molecule has 0 bridgehead atoms. The fourth-order valence-corrected chi connectivity index (χ4v) is 2.83. The maximum Gasteiger partial charge on any atom is 0.269 e. The van der Waals surface area contributed by atoms with Gasteiger partial charge in [0.25, 0.3) is 5.91 Å². The van der Waals surface area contributed by atoms with E-state index in [0.29, 0.717) is 16.2 Å². The molecule has 0 radical (unpaired) electrons. The summed E-state index contributed by atoms with van der Waals surface area (Å²) in [6.45, 7) is 1.97. The fraction of sp³-hybridized carbons (Fsp3) is 0.143. The number of carbonyl (C=O) groups is 1. The predicted octanol–water partition coefficient (Wildman–Crippen LogP) is 2.36. The molecule has 0 aromatic carbocycles. The van der Waals surface area contributed by atoms with E-state index in [0.717, 1.165) is 5.56 Å². The molecule has 0 aliphatic rings. The van der Waals surface area contributed by atoms with Crippen LogP contribution in [0.15, 0.2) is 36.0 Å². The van der Waals surface area contributed by atoms with Crippen LogP contribution in [0.1, 0.15) is 29.0 Å². The lowest BCUT2D eigenvalue weighted by Gasteiger charge is -2.14. The highest BCUT2D eigenvalue weighted by Gasteiger charge is 2.15. The van der Waals surface area contributed by atoms with Gasteiger partial charge in [0.1, 0.15) is 0 Å². The van der Waals surface area contributed by atoms with Gasteiger partial charge in [-0.25, -0.2) is 9.97 Å². The van der Waals surface area contributed by atoms with E-state index >= 15 is 0 Å². The van der Waals surface area contributed by atoms with Gasteiger partial charge < -0.3 is 11.1 Å². The van der Waals surface area contributed by atoms with Crippen LogP contribution in [0.2, 0.25) is 0 Å². The third kappa shape index (κ3) is 2.68. The Labute approximate surface area is 125 Å². The Morgan fingerprint density at radius 3 is 2.95 bits per heavy atom. The van der Waals surface area contributed by atoms with Crippen molar-refractivity contribution in [1.82, 2.24) is 15.0 Å². The normalized spacial score (nSPS) is 12.2. The van der Waals surface area contributed by atoms with Crippen molar-refractivity contribution < 1.29 is 4.79 Å². The molecular weight excluding hydrogens is 286 g/mol. The lowest BCUT2D eigenvalue weighted by Crippen LogP contribution is -2.16. The number of aromatic nitrogens is 3. The van der Waals surface area contributed by atoms with Gasteiger partial charge in [0.05, 0.1) is 16.3 Å². The summed E-state index contributed by atoms with van der Waals surface area (Å²) < 4.78 is 0.710. The molecule has 6 nitrogen and oxygen atoms in total. The summed E-state index contributed by atoms with van der Waals surface area (Å²) in [6.07, 6.45) is 3.49. The number of thiophene rings is 1. The van der Waals surface area contributed by atoms with Crippen LogP contribution in [-0.2, 0) is 0 Å². The molecule has 21 heavy (non-hydrogen) atoms. The van der Waals surface area contributed by atoms with Gasteiger partial charge in [-0.05, 0) is 30.0 Å². The van der Waals surface area contributed by atoms with Crippen molar-refractivity contribution in [3.63, 3.8) is 0 Å². The number of carbonyl (C=O) groups excluding carboxylic acids is 1. The third-order valence-corrected chi connectivity index (χ3v) is 3.98. The van der Waals surface area contributed by atoms with E-state index in [9.17, 15) is 4.79 Å². The largest absolute Gasteiger partial charge is 0.364 e. The first kappa shape index (κ1) is 13.4. The Morgan fingerprint density at radius 1 is 1.38 bits per heavy atom. The lowest BCUT2D eigenvalue weighted by molar-refractivity contribution is 0.0997. The second-order valence-corrected chi connectivity index (χ2v) is 5.46. The molecule has 0 spiro atoms. The van der Waals surface area contributed by atoms with Crippen molar-refractivity contribution in [2.75, 3.05) is 5.32 Å². The molecular formula is C14H13N5OS. The summed E-state index contributed by atoms with van der Waals surface area (Å²) in [5.74, 6) is -0.173. The number of anilines is 1. The SMILES string of the molecule is C[C@H](Nc1nc(C(N)=O)c2sccc2n1)c1cccnc1. The number of rotatable bonds is 4. The zero-order valence-corrected chi connectivity index (χ0v) is 12.1. The summed E-state index contributed by atoms with van der Waals surface area (Å²) in [7, 11) is 0. The quantitative estimate of drug-likeness (QED) is 0.771. The second kappa shape index (κ2) is 5.45. The molecule has 3 aromatic heterocycles. The van der Waals surface area contributed by atoms with E-state index in [2.05, 4.69) is 20.3 Å². The molecule has 106 valence electrons. The number of nitrogens with zero attached hydrogens (tertiary/aromatic N) is 3. The molecule has 3 N–H and O–H groups in total. The van der Waals surface area contributed by atoms with Crippen LogP contribution in [0.4, 0.5) is 5.95 Å². The average Bonchev–Trinajstić information content (AvgIpc) is 2.95. The molecule has 3 heterocycles. The number of primary amides is 1. The highest BCUT2D eigenvalue weighted by Crippen LogP contribution is 2.24. The topological polar surface area (TPSA) is 93.8 Å². The summed E-state index contributed by atoms with van der Waals surface area (Å²) in [6, 6.07) is 5.64. The summed E-state index contributed by atoms with van der Waals surface area (Å²) in [4.78, 5) is 24.2. The number of nitrogens with one attached hydrogen (secondary N) is 1. The minimum Gasteiger partial charge on any atom is -0.364 e. The summed E-state index contributed by atoms with van der Waals surface area (Å²) in [5.41, 5.74) is 7.35. The maximum atomic E-state index is 11.5. The van der Waals surface area contributed by atoms with Crippen LogP contribution in [0, 0.1) is 0 Å². The summed E-state index contributed by atoms with van der Waals surface area (Å²) >= 11 is 1.40. The first-order chi connectivity index (χ1) is 10.1. The predicted molar refractivity (Wildman–Crippen MR) is 82.2 cm³/mol. The Bertz CT molecular complexity index is 786. The van der Waals surface area contributed by atoms with Crippen molar-refractivity contribution in [2.45, 2.75) is 13.0 Å². The number of fused-ring (bicyclic) bond motifs is 1. The molecule has 1 amide bonds. The van der Waals surface area contributed by atoms with Gasteiger partial charge in [0, 0.05) is 12.4 Å². The second-order valence-electron chi connectivity index (χ2n) is 4.55. The smallest absolute Gasteiger partial charge is 0.269 e. The molecule has 0 unspecified atom stereocenters. The number of hydrogen-bond donors (Lipinski definition) is 2. The van der Waals surface area contributed by atoms with Crippen LogP contribution < -0.4 is 11.1 Å². The monoisotopic (exact) mass is 299 g/mol. The van der Waals surface area contributed by atoms with E-state index in [1.807, 2.05) is 30.5 Å². The van der Waals surface area contributed by atoms with Crippen molar-refractivity contribution in [3.8, 4) is 0 Å². The fourth-order valence-electron chi connectivity index (χ4n) is 2.00. The minimum atomic E-state index is -0.554. The Morgan fingerprint density at radius 2 is 2.24 bits per heavy atom. The van der Waals surface area contributed by atoms with E-state index in [4.69, 9.17) is 5.73 Å². The first-order valence-corrected chi connectivity index (χ1v) is 7.24. The van der Waals surface area contributed by atoms with Crippen molar-refractivity contribution >= 4 is 33.4 Å². The van der Waals surface area contributed by atoms with Gasteiger partial charge in [0.15, 0.2) is 5.69 Å². The first-order valence-electron chi connectivity index (χ1n) is 6.36. The lowest BCUT2D eigenvalue weighted by atomic mass is 10.1. The van der Waals surface area contributed by atoms with Crippen molar-refractivity contribution in [1.29, 1.82) is 0 Å². The van der Waals surface area contributed by atoms with E-state index in [1.54, 1.807) is 12.4 Å². The molecule has 0 saturated carbocycles. The third-order valence-electron chi connectivity index (χ3n) is 3.07. The highest BCUT2D eigenvalue weighted by atomic mass is 32.1. The van der Waals surface area contributed by atoms with Gasteiger partial charge in [-0.3, -0.25) is 9.78 Å². The van der Waals surface area contributed by atoms with Crippen LogP contribution in [0.3, 0.4) is 0 Å². The molecule has 1 atom stereocenters. The van der Waals surface area contributed by atoms with E-state index in [-0.39, 0.29) is 11.7 Å². The van der Waals surface area contributed by atoms with Crippen molar-refractivity contribution in [2.24, 2.45) is 5.73 Å². The van der Waals surface area contributed by atoms with Crippen molar-refractivity contribution in [3.05, 3.63) is 47.2 Å². The summed E-state index contributed by atoms with van der Waals surface area (Å²) in [5, 5.41) is 5.03. The van der Waals surface area contributed by atoms with Crippen LogP contribution in [0.5, 0.6) is 0 Å². The van der Waals surface area contributed by atoms with Crippen LogP contribution in [0.25, 0.3) is 10.2 Å². The highest BCUT2D eigenvalue weighted by molar-refractivity contribution is 7.17. The maximum absolute atomic E-state index is 11.5.